The molecule has 104 heavy (non-hydrogen) atoms. The van der Waals surface area contributed by atoms with E-state index >= 15 is 0 Å². The first-order valence-electron chi connectivity index (χ1n) is 36.8. The van der Waals surface area contributed by atoms with Crippen LogP contribution in [0.4, 0.5) is 34.1 Å². The van der Waals surface area contributed by atoms with Gasteiger partial charge in [0, 0.05) is 90.2 Å². The molecule has 0 amide bonds. The van der Waals surface area contributed by atoms with Crippen LogP contribution in [-0.4, -0.2) is 4.57 Å². The number of benzene rings is 14. The monoisotopic (exact) mass is 1350 g/mol. The largest absolute Gasteiger partial charge is 0.456 e. The first-order valence-corrected chi connectivity index (χ1v) is 36.8. The number of hydrogen-bond donors (Lipinski definition) is 0. The summed E-state index contributed by atoms with van der Waals surface area (Å²) in [6.45, 7) is 27.7. The van der Waals surface area contributed by atoms with E-state index in [2.05, 4.69) is 389 Å². The minimum Gasteiger partial charge on any atom is -0.456 e. The third-order valence-electron chi connectivity index (χ3n) is 22.0. The lowest BCUT2D eigenvalue weighted by molar-refractivity contribution is 0.589. The molecule has 18 rings (SSSR count). The van der Waals surface area contributed by atoms with E-state index < -0.39 is 0 Å². The zero-order chi connectivity index (χ0) is 71.3. The molecule has 0 saturated heterocycles. The highest BCUT2D eigenvalue weighted by Gasteiger charge is 2.34. The molecule has 3 aromatic heterocycles. The minimum atomic E-state index is -0.00270. The predicted molar refractivity (Wildman–Crippen MR) is 441 cm³/mol. The molecule has 0 fully saturated rings. The molecular weight excluding hydrogens is 1260 g/mol. The molecule has 0 bridgehead atoms. The van der Waals surface area contributed by atoms with Crippen LogP contribution in [0.15, 0.2) is 300 Å². The smallest absolute Gasteiger partial charge is 0.137 e. The van der Waals surface area contributed by atoms with Crippen molar-refractivity contribution in [3.8, 4) is 39.1 Å². The van der Waals surface area contributed by atoms with E-state index in [-0.39, 0.29) is 27.6 Å². The number of anilines is 6. The van der Waals surface area contributed by atoms with E-state index in [1.54, 1.807) is 0 Å². The maximum absolute atomic E-state index is 7.04. The molecule has 5 nitrogen and oxygen atoms in total. The van der Waals surface area contributed by atoms with Gasteiger partial charge < -0.3 is 23.2 Å². The summed E-state index contributed by atoms with van der Waals surface area (Å²) >= 11 is 0. The van der Waals surface area contributed by atoms with Crippen molar-refractivity contribution in [3.05, 3.63) is 330 Å². The Hall–Kier alpha value is -11.7. The molecule has 1 aliphatic carbocycles. The lowest BCUT2D eigenvalue weighted by Gasteiger charge is -2.27. The molecule has 0 aliphatic heterocycles. The first-order chi connectivity index (χ1) is 50.0. The van der Waals surface area contributed by atoms with E-state index in [0.29, 0.717) is 0 Å². The highest BCUT2D eigenvalue weighted by atomic mass is 16.3. The number of nitrogens with zero attached hydrogens (tertiary/aromatic N) is 3. The Morgan fingerprint density at radius 2 is 0.644 bits per heavy atom. The fraction of sp³-hybridized carbons (Fsp3) is 0.172. The van der Waals surface area contributed by atoms with E-state index in [9.17, 15) is 0 Å². The number of fused-ring (bicyclic) bond motifs is 13. The van der Waals surface area contributed by atoms with Gasteiger partial charge in [-0.15, -0.1) is 0 Å². The van der Waals surface area contributed by atoms with Gasteiger partial charge in [0.2, 0.25) is 0 Å². The Bertz CT molecular complexity index is 6120. The van der Waals surface area contributed by atoms with Crippen LogP contribution in [0.25, 0.3) is 116 Å². The first kappa shape index (κ1) is 64.4. The van der Waals surface area contributed by atoms with E-state index in [0.717, 1.165) is 100 Å². The maximum Gasteiger partial charge on any atom is 0.137 e. The Kier molecular flexibility index (Phi) is 14.9. The zero-order valence-corrected chi connectivity index (χ0v) is 61.4. The van der Waals surface area contributed by atoms with E-state index in [4.69, 9.17) is 8.83 Å². The minimum absolute atomic E-state index is 0.00270. The molecule has 14 aromatic carbocycles. The van der Waals surface area contributed by atoms with Crippen LogP contribution >= 0.6 is 0 Å². The number of aromatic nitrogens is 1. The number of rotatable bonds is 10. The van der Waals surface area contributed by atoms with Crippen molar-refractivity contribution < 1.29 is 8.83 Å². The Morgan fingerprint density at radius 1 is 0.269 bits per heavy atom. The van der Waals surface area contributed by atoms with Gasteiger partial charge in [0.15, 0.2) is 0 Å². The highest BCUT2D eigenvalue weighted by molar-refractivity contribution is 6.16. The molecule has 508 valence electrons. The standard InChI is InChI=1S/C99H85N3O2/c1-96(2,3)68-33-43-81-83(54-68)84-55-69(97(4,5)6)34-44-82(84)95(81)65-25-19-26-74(49-65)100(72-37-29-63(30-38-72)61-21-15-13-16-22-61)77-41-45-79-87-50-66-53-92-88(51-67(66)52-91(87)103-93(79)59-77)80-46-42-78(60-94(80)104-92)101(73-39-31-64(32-40-73)62-23-17-14-18-24-62)75-27-20-28-76(58-75)102-89-47-35-70(98(7,8)9)56-85(89)86-57-71(99(10,11)12)36-48-90(86)102/h13-60,95H,1-12H3. The van der Waals surface area contributed by atoms with E-state index in [1.165, 1.54) is 88.6 Å². The van der Waals surface area contributed by atoms with Crippen LogP contribution < -0.4 is 9.80 Å². The summed E-state index contributed by atoms with van der Waals surface area (Å²) in [5, 5.41) is 8.91. The van der Waals surface area contributed by atoms with Crippen LogP contribution in [0.3, 0.4) is 0 Å². The second-order valence-electron chi connectivity index (χ2n) is 33.1. The van der Waals surface area contributed by atoms with Crippen LogP contribution in [0.1, 0.15) is 128 Å². The van der Waals surface area contributed by atoms with Gasteiger partial charge in [0.25, 0.3) is 0 Å². The molecule has 5 heteroatoms. The van der Waals surface area contributed by atoms with Crippen molar-refractivity contribution in [2.75, 3.05) is 9.80 Å². The van der Waals surface area contributed by atoms with Crippen molar-refractivity contribution in [3.63, 3.8) is 0 Å². The lowest BCUT2D eigenvalue weighted by atomic mass is 9.83. The summed E-state index contributed by atoms with van der Waals surface area (Å²) in [5.41, 5.74) is 29.7. The molecule has 3 heterocycles. The molecule has 0 spiro atoms. The molecule has 0 atom stereocenters. The fourth-order valence-electron chi connectivity index (χ4n) is 16.2. The Labute approximate surface area is 609 Å². The molecule has 17 aromatic rings. The van der Waals surface area contributed by atoms with Crippen molar-refractivity contribution in [2.45, 2.75) is 111 Å². The molecule has 1 aliphatic rings. The Morgan fingerprint density at radius 3 is 1.09 bits per heavy atom. The topological polar surface area (TPSA) is 37.7 Å². The molecule has 0 saturated carbocycles. The van der Waals surface area contributed by atoms with Gasteiger partial charge in [-0.25, -0.2) is 0 Å². The summed E-state index contributed by atoms with van der Waals surface area (Å²) in [6, 6.07) is 108. The number of furan rings is 2. The summed E-state index contributed by atoms with van der Waals surface area (Å²) in [5.74, 6) is 0.0637. The third kappa shape index (κ3) is 11.1. The van der Waals surface area contributed by atoms with E-state index in [1.807, 2.05) is 0 Å². The third-order valence-corrected chi connectivity index (χ3v) is 22.0. The number of hydrogen-bond acceptors (Lipinski definition) is 4. The van der Waals surface area contributed by atoms with Gasteiger partial charge in [0.1, 0.15) is 22.3 Å². The van der Waals surface area contributed by atoms with Crippen molar-refractivity contribution in [1.82, 2.24) is 4.57 Å². The van der Waals surface area contributed by atoms with Crippen molar-refractivity contribution >= 4 is 111 Å². The normalized spacial score (nSPS) is 13.0. The van der Waals surface area contributed by atoms with Crippen LogP contribution in [0.2, 0.25) is 0 Å². The van der Waals surface area contributed by atoms with Gasteiger partial charge in [-0.3, -0.25) is 0 Å². The van der Waals surface area contributed by atoms with Gasteiger partial charge in [-0.1, -0.05) is 235 Å². The van der Waals surface area contributed by atoms with Crippen molar-refractivity contribution in [2.24, 2.45) is 0 Å². The van der Waals surface area contributed by atoms with Gasteiger partial charge in [-0.05, 0) is 232 Å². The van der Waals surface area contributed by atoms with Crippen LogP contribution in [0.5, 0.6) is 0 Å². The van der Waals surface area contributed by atoms with Gasteiger partial charge in [0.05, 0.1) is 11.0 Å². The highest BCUT2D eigenvalue weighted by Crippen LogP contribution is 2.52. The SMILES string of the molecule is CC(C)(C)c1ccc2c(c1)-c1cc(C(C)(C)C)ccc1C2c1cccc(N(c2ccc(-c3ccccc3)cc2)c2ccc3c(c2)oc2cc4cc5c(cc4cc23)oc2cc(N(c3ccc(-c4ccccc4)cc3)c3cccc(-n4c6ccc(C(C)(C)C)cc6c6cc(C(C)(C)C)ccc64)c3)ccc25)c1. The summed E-state index contributed by atoms with van der Waals surface area (Å²) in [6.07, 6.45) is 0. The molecule has 0 unspecified atom stereocenters. The van der Waals surface area contributed by atoms with Crippen molar-refractivity contribution in [1.29, 1.82) is 0 Å². The average molecular weight is 1350 g/mol. The zero-order valence-electron chi connectivity index (χ0n) is 61.4. The molecule has 0 N–H and O–H groups in total. The quantitative estimate of drug-likeness (QED) is 0.137. The summed E-state index contributed by atoms with van der Waals surface area (Å²) < 4.78 is 16.5. The van der Waals surface area contributed by atoms with Crippen LogP contribution in [0, 0.1) is 0 Å². The predicted octanol–water partition coefficient (Wildman–Crippen LogP) is 28.4. The maximum atomic E-state index is 7.04. The average Bonchev–Trinajstić information content (AvgIpc) is 1.58. The molecular formula is C99H85N3O2. The second-order valence-corrected chi connectivity index (χ2v) is 33.1. The van der Waals surface area contributed by atoms with Gasteiger partial charge in [-0.2, -0.15) is 0 Å². The van der Waals surface area contributed by atoms with Crippen LogP contribution in [-0.2, 0) is 21.7 Å². The van der Waals surface area contributed by atoms with Gasteiger partial charge >= 0.3 is 0 Å². The Balaban J connectivity index is 0.724. The molecule has 0 radical (unpaired) electrons. The fourth-order valence-corrected chi connectivity index (χ4v) is 16.2. The summed E-state index contributed by atoms with van der Waals surface area (Å²) in [7, 11) is 0. The lowest BCUT2D eigenvalue weighted by Crippen LogP contribution is -2.12. The summed E-state index contributed by atoms with van der Waals surface area (Å²) in [4.78, 5) is 4.76. The second kappa shape index (κ2) is 24.0.